The summed E-state index contributed by atoms with van der Waals surface area (Å²) < 4.78 is 13.6. The smallest absolute Gasteiger partial charge is 0.189 e. The molecule has 0 heterocycles. The van der Waals surface area contributed by atoms with E-state index in [-0.39, 0.29) is 11.3 Å². The zero-order valence-electron chi connectivity index (χ0n) is 10.4. The number of benzene rings is 2. The van der Waals surface area contributed by atoms with E-state index >= 15 is 0 Å². The molecule has 0 radical (unpaired) electrons. The quantitative estimate of drug-likeness (QED) is 0.582. The van der Waals surface area contributed by atoms with Crippen molar-refractivity contribution in [2.45, 2.75) is 6.92 Å². The lowest BCUT2D eigenvalue weighted by molar-refractivity contribution is 0.104. The van der Waals surface area contributed by atoms with Crippen molar-refractivity contribution in [3.63, 3.8) is 0 Å². The Labute approximate surface area is 116 Å². The molecule has 0 aliphatic carbocycles. The minimum atomic E-state index is -0.563. The molecule has 2 aromatic carbocycles. The highest BCUT2D eigenvalue weighted by Crippen LogP contribution is 2.18. The maximum atomic E-state index is 13.6. The van der Waals surface area contributed by atoms with Crippen LogP contribution in [0, 0.1) is 5.82 Å². The fraction of sp³-hybridized carbons (Fsp3) is 0.0625. The van der Waals surface area contributed by atoms with Crippen molar-refractivity contribution < 1.29 is 9.18 Å². The number of rotatable bonds is 3. The first kappa shape index (κ1) is 13.5. The third-order valence-corrected chi connectivity index (χ3v) is 3.01. The maximum absolute atomic E-state index is 13.6. The zero-order valence-corrected chi connectivity index (χ0v) is 11.1. The summed E-state index contributed by atoms with van der Waals surface area (Å²) in [7, 11) is 0. The van der Waals surface area contributed by atoms with Gasteiger partial charge in [-0.15, -0.1) is 0 Å². The SMILES string of the molecule is C/C(=C\C(=O)c1cc(Cl)ccc1F)c1ccccc1. The lowest BCUT2D eigenvalue weighted by atomic mass is 10.0. The van der Waals surface area contributed by atoms with Crippen LogP contribution in [0.2, 0.25) is 5.02 Å². The van der Waals surface area contributed by atoms with Crippen LogP contribution in [0.1, 0.15) is 22.8 Å². The van der Waals surface area contributed by atoms with Gasteiger partial charge in [0.15, 0.2) is 5.78 Å². The fourth-order valence-corrected chi connectivity index (χ4v) is 1.92. The zero-order chi connectivity index (χ0) is 13.8. The summed E-state index contributed by atoms with van der Waals surface area (Å²) in [5.41, 5.74) is 1.70. The van der Waals surface area contributed by atoms with Crippen molar-refractivity contribution in [2.75, 3.05) is 0 Å². The Hall–Kier alpha value is -1.93. The molecule has 0 fully saturated rings. The molecule has 0 amide bonds. The molecule has 0 aliphatic heterocycles. The van der Waals surface area contributed by atoms with Crippen LogP contribution in [0.3, 0.4) is 0 Å². The third kappa shape index (κ3) is 3.30. The van der Waals surface area contributed by atoms with Gasteiger partial charge in [0, 0.05) is 5.02 Å². The van der Waals surface area contributed by atoms with Crippen molar-refractivity contribution in [1.82, 2.24) is 0 Å². The lowest BCUT2D eigenvalue weighted by Gasteiger charge is -2.03. The summed E-state index contributed by atoms with van der Waals surface area (Å²) in [5.74, 6) is -0.951. The van der Waals surface area contributed by atoms with Crippen LogP contribution < -0.4 is 0 Å². The van der Waals surface area contributed by atoms with Crippen LogP contribution in [-0.2, 0) is 0 Å². The van der Waals surface area contributed by atoms with E-state index in [1.165, 1.54) is 24.3 Å². The molecule has 0 bridgehead atoms. The molecular formula is C16H12ClFO. The minimum Gasteiger partial charge on any atom is -0.289 e. The molecule has 1 nitrogen and oxygen atoms in total. The van der Waals surface area contributed by atoms with Crippen LogP contribution in [-0.4, -0.2) is 5.78 Å². The average Bonchev–Trinajstić information content (AvgIpc) is 2.42. The van der Waals surface area contributed by atoms with Gasteiger partial charge in [-0.1, -0.05) is 41.9 Å². The minimum absolute atomic E-state index is 0.0113. The monoisotopic (exact) mass is 274 g/mol. The standard InChI is InChI=1S/C16H12ClFO/c1-11(12-5-3-2-4-6-12)9-16(19)14-10-13(17)7-8-15(14)18/h2-10H,1H3/b11-9+. The molecule has 2 aromatic rings. The number of hydrogen-bond acceptors (Lipinski definition) is 1. The maximum Gasteiger partial charge on any atom is 0.189 e. The predicted molar refractivity (Wildman–Crippen MR) is 75.8 cm³/mol. The molecule has 0 aliphatic rings. The van der Waals surface area contributed by atoms with Gasteiger partial charge in [-0.3, -0.25) is 4.79 Å². The average molecular weight is 275 g/mol. The predicted octanol–water partition coefficient (Wildman–Crippen LogP) is 4.77. The first-order valence-electron chi connectivity index (χ1n) is 5.81. The number of ketones is 1. The van der Waals surface area contributed by atoms with Crippen molar-refractivity contribution in [2.24, 2.45) is 0 Å². The second kappa shape index (κ2) is 5.81. The first-order chi connectivity index (χ1) is 9.08. The van der Waals surface area contributed by atoms with Crippen LogP contribution in [0.25, 0.3) is 5.57 Å². The molecule has 19 heavy (non-hydrogen) atoms. The number of allylic oxidation sites excluding steroid dienone is 2. The topological polar surface area (TPSA) is 17.1 Å². The second-order valence-electron chi connectivity index (χ2n) is 4.18. The molecule has 0 saturated heterocycles. The largest absolute Gasteiger partial charge is 0.289 e. The summed E-state index contributed by atoms with van der Waals surface area (Å²) in [4.78, 5) is 12.0. The molecule has 0 aromatic heterocycles. The Morgan fingerprint density at radius 3 is 2.53 bits per heavy atom. The van der Waals surface area contributed by atoms with Crippen LogP contribution in [0.5, 0.6) is 0 Å². The molecule has 0 N–H and O–H groups in total. The Morgan fingerprint density at radius 1 is 1.16 bits per heavy atom. The van der Waals surface area contributed by atoms with Crippen molar-refractivity contribution in [3.05, 3.63) is 76.6 Å². The van der Waals surface area contributed by atoms with E-state index < -0.39 is 5.82 Å². The lowest BCUT2D eigenvalue weighted by Crippen LogP contribution is -1.99. The number of hydrogen-bond donors (Lipinski definition) is 0. The molecule has 96 valence electrons. The van der Waals surface area contributed by atoms with Gasteiger partial charge in [0.1, 0.15) is 5.82 Å². The van der Waals surface area contributed by atoms with Crippen LogP contribution >= 0.6 is 11.6 Å². The van der Waals surface area contributed by atoms with E-state index in [4.69, 9.17) is 11.6 Å². The molecular weight excluding hydrogens is 263 g/mol. The van der Waals surface area contributed by atoms with Gasteiger partial charge in [-0.2, -0.15) is 0 Å². The number of halogens is 2. The first-order valence-corrected chi connectivity index (χ1v) is 6.19. The van der Waals surface area contributed by atoms with E-state index in [9.17, 15) is 9.18 Å². The van der Waals surface area contributed by atoms with E-state index in [1.54, 1.807) is 0 Å². The van der Waals surface area contributed by atoms with Gasteiger partial charge < -0.3 is 0 Å². The fourth-order valence-electron chi connectivity index (χ4n) is 1.75. The summed E-state index contributed by atoms with van der Waals surface area (Å²) in [6, 6.07) is 13.4. The Balaban J connectivity index is 2.33. The van der Waals surface area contributed by atoms with Gasteiger partial charge >= 0.3 is 0 Å². The number of carbonyl (C=O) groups excluding carboxylic acids is 1. The van der Waals surface area contributed by atoms with Gasteiger partial charge in [-0.25, -0.2) is 4.39 Å². The Kier molecular flexibility index (Phi) is 4.13. The van der Waals surface area contributed by atoms with Gasteiger partial charge in [0.25, 0.3) is 0 Å². The third-order valence-electron chi connectivity index (χ3n) is 2.77. The second-order valence-corrected chi connectivity index (χ2v) is 4.62. The van der Waals surface area contributed by atoms with Crippen molar-refractivity contribution in [3.8, 4) is 0 Å². The molecule has 0 atom stereocenters. The van der Waals surface area contributed by atoms with E-state index in [0.717, 1.165) is 11.1 Å². The Bertz CT molecular complexity index is 632. The summed E-state index contributed by atoms with van der Waals surface area (Å²) in [6.07, 6.45) is 1.42. The molecule has 3 heteroatoms. The van der Waals surface area contributed by atoms with Gasteiger partial charge in [0.2, 0.25) is 0 Å². The Morgan fingerprint density at radius 2 is 1.84 bits per heavy atom. The van der Waals surface area contributed by atoms with Crippen LogP contribution in [0.4, 0.5) is 4.39 Å². The number of carbonyl (C=O) groups is 1. The molecule has 2 rings (SSSR count). The highest BCUT2D eigenvalue weighted by Gasteiger charge is 2.10. The summed E-state index contributed by atoms with van der Waals surface area (Å²) >= 11 is 5.77. The highest BCUT2D eigenvalue weighted by atomic mass is 35.5. The highest BCUT2D eigenvalue weighted by molar-refractivity contribution is 6.31. The van der Waals surface area contributed by atoms with E-state index in [0.29, 0.717) is 5.02 Å². The summed E-state index contributed by atoms with van der Waals surface area (Å²) in [6.45, 7) is 1.82. The van der Waals surface area contributed by atoms with E-state index in [1.807, 2.05) is 37.3 Å². The summed E-state index contributed by atoms with van der Waals surface area (Å²) in [5, 5.41) is 0.343. The molecule has 0 saturated carbocycles. The molecule has 0 unspecified atom stereocenters. The van der Waals surface area contributed by atoms with E-state index in [2.05, 4.69) is 0 Å². The molecule has 0 spiro atoms. The van der Waals surface area contributed by atoms with Crippen LogP contribution in [0.15, 0.2) is 54.6 Å². The van der Waals surface area contributed by atoms with Crippen molar-refractivity contribution in [1.29, 1.82) is 0 Å². The van der Waals surface area contributed by atoms with Gasteiger partial charge in [0.05, 0.1) is 5.56 Å². The van der Waals surface area contributed by atoms with Gasteiger partial charge in [-0.05, 0) is 42.3 Å². The normalized spacial score (nSPS) is 11.4. The van der Waals surface area contributed by atoms with Crippen molar-refractivity contribution >= 4 is 23.0 Å².